The van der Waals surface area contributed by atoms with Gasteiger partial charge in [-0.05, 0) is 26.7 Å². The fourth-order valence-corrected chi connectivity index (χ4v) is 1.48. The largest absolute Gasteiger partial charge is 0.481 e. The number of carbonyl (C=O) groups is 2. The molecule has 1 unspecified atom stereocenters. The van der Waals surface area contributed by atoms with Crippen LogP contribution in [-0.2, 0) is 9.59 Å². The van der Waals surface area contributed by atoms with Crippen molar-refractivity contribution in [1.82, 2.24) is 5.32 Å². The molecule has 0 aromatic carbocycles. The third-order valence-electron chi connectivity index (χ3n) is 2.68. The molecule has 0 saturated heterocycles. The van der Waals surface area contributed by atoms with Gasteiger partial charge in [0.2, 0.25) is 5.91 Å². The number of aliphatic carboxylic acids is 1. The molecular weight excluding hydrogens is 206 g/mol. The summed E-state index contributed by atoms with van der Waals surface area (Å²) in [6, 6.07) is 0.169. The van der Waals surface area contributed by atoms with E-state index in [-0.39, 0.29) is 18.4 Å². The molecule has 16 heavy (non-hydrogen) atoms. The van der Waals surface area contributed by atoms with E-state index in [2.05, 4.69) is 12.2 Å². The monoisotopic (exact) mass is 229 g/mol. The fourth-order valence-electron chi connectivity index (χ4n) is 1.48. The van der Waals surface area contributed by atoms with Crippen LogP contribution in [0.15, 0.2) is 0 Å². The lowest BCUT2D eigenvalue weighted by Crippen LogP contribution is -2.38. The lowest BCUT2D eigenvalue weighted by molar-refractivity contribution is -0.149. The van der Waals surface area contributed by atoms with Gasteiger partial charge in [-0.2, -0.15) is 0 Å². The van der Waals surface area contributed by atoms with Crippen molar-refractivity contribution in [3.63, 3.8) is 0 Å². The summed E-state index contributed by atoms with van der Waals surface area (Å²) in [6.07, 6.45) is 2.87. The Morgan fingerprint density at radius 2 is 1.88 bits per heavy atom. The first kappa shape index (κ1) is 14.9. The van der Waals surface area contributed by atoms with E-state index in [1.54, 1.807) is 13.8 Å². The second-order valence-corrected chi connectivity index (χ2v) is 4.83. The molecule has 4 heteroatoms. The molecule has 2 N–H and O–H groups in total. The number of nitrogens with one attached hydrogen (secondary N) is 1. The van der Waals surface area contributed by atoms with Crippen LogP contribution < -0.4 is 5.32 Å². The van der Waals surface area contributed by atoms with Crippen LogP contribution in [0.25, 0.3) is 0 Å². The van der Waals surface area contributed by atoms with Gasteiger partial charge in [-0.15, -0.1) is 0 Å². The summed E-state index contributed by atoms with van der Waals surface area (Å²) in [5.41, 5.74) is -0.991. The van der Waals surface area contributed by atoms with Crippen LogP contribution in [0.4, 0.5) is 0 Å². The van der Waals surface area contributed by atoms with Crippen molar-refractivity contribution >= 4 is 11.9 Å². The van der Waals surface area contributed by atoms with Crippen LogP contribution in [0.2, 0.25) is 0 Å². The van der Waals surface area contributed by atoms with Gasteiger partial charge in [-0.25, -0.2) is 0 Å². The van der Waals surface area contributed by atoms with Crippen molar-refractivity contribution in [2.75, 3.05) is 0 Å². The molecule has 0 fully saturated rings. The van der Waals surface area contributed by atoms with E-state index in [1.807, 2.05) is 6.92 Å². The Hall–Kier alpha value is -1.06. The highest BCUT2D eigenvalue weighted by atomic mass is 16.4. The van der Waals surface area contributed by atoms with Gasteiger partial charge in [0, 0.05) is 12.5 Å². The number of carboxylic acid groups (broad SMARTS) is 1. The summed E-state index contributed by atoms with van der Waals surface area (Å²) >= 11 is 0. The Morgan fingerprint density at radius 1 is 1.31 bits per heavy atom. The normalized spacial score (nSPS) is 13.2. The molecule has 0 heterocycles. The Bertz CT molecular complexity index is 249. The number of carbonyl (C=O) groups excluding carboxylic acids is 1. The van der Waals surface area contributed by atoms with Crippen molar-refractivity contribution in [2.24, 2.45) is 5.41 Å². The fraction of sp³-hybridized carbons (Fsp3) is 0.833. The highest BCUT2D eigenvalue weighted by molar-refractivity contribution is 5.84. The lowest BCUT2D eigenvalue weighted by atomic mass is 9.89. The highest BCUT2D eigenvalue weighted by Gasteiger charge is 2.30. The zero-order chi connectivity index (χ0) is 12.8. The predicted molar refractivity (Wildman–Crippen MR) is 63.2 cm³/mol. The second-order valence-electron chi connectivity index (χ2n) is 4.83. The summed E-state index contributed by atoms with van der Waals surface area (Å²) in [5.74, 6) is -1.11. The highest BCUT2D eigenvalue weighted by Crippen LogP contribution is 2.20. The van der Waals surface area contributed by atoms with E-state index in [1.165, 1.54) is 0 Å². The molecule has 0 aromatic heterocycles. The van der Waals surface area contributed by atoms with E-state index < -0.39 is 11.4 Å². The van der Waals surface area contributed by atoms with Gasteiger partial charge in [-0.3, -0.25) is 9.59 Å². The Morgan fingerprint density at radius 3 is 2.25 bits per heavy atom. The number of hydrogen-bond donors (Lipinski definition) is 2. The molecule has 0 bridgehead atoms. The van der Waals surface area contributed by atoms with E-state index in [4.69, 9.17) is 5.11 Å². The van der Waals surface area contributed by atoms with E-state index >= 15 is 0 Å². The lowest BCUT2D eigenvalue weighted by Gasteiger charge is -2.21. The molecule has 0 aliphatic carbocycles. The minimum absolute atomic E-state index is 0.0303. The average Bonchev–Trinajstić information content (AvgIpc) is 2.15. The third kappa shape index (κ3) is 5.14. The molecular formula is C12H23NO3. The minimum atomic E-state index is -0.991. The van der Waals surface area contributed by atoms with Crippen molar-refractivity contribution in [1.29, 1.82) is 0 Å². The topological polar surface area (TPSA) is 66.4 Å². The summed E-state index contributed by atoms with van der Waals surface area (Å²) in [6.45, 7) is 7.21. The molecule has 0 spiro atoms. The zero-order valence-electron chi connectivity index (χ0n) is 10.7. The molecule has 0 aliphatic rings. The maximum atomic E-state index is 11.6. The molecule has 0 radical (unpaired) electrons. The maximum absolute atomic E-state index is 11.6. The van der Waals surface area contributed by atoms with Crippen LogP contribution in [-0.4, -0.2) is 23.0 Å². The Kier molecular flexibility index (Phi) is 6.08. The van der Waals surface area contributed by atoms with Gasteiger partial charge in [-0.1, -0.05) is 20.3 Å². The first-order valence-electron chi connectivity index (χ1n) is 5.86. The van der Waals surface area contributed by atoms with Gasteiger partial charge >= 0.3 is 5.97 Å². The summed E-state index contributed by atoms with van der Waals surface area (Å²) in [5, 5.41) is 11.8. The SMILES string of the molecule is CCCC(CC)NC(=O)CC(C)(C)C(=O)O. The van der Waals surface area contributed by atoms with Crippen molar-refractivity contribution in [3.8, 4) is 0 Å². The molecule has 1 amide bonds. The summed E-state index contributed by atoms with van der Waals surface area (Å²) in [4.78, 5) is 22.5. The van der Waals surface area contributed by atoms with Gasteiger partial charge in [0.15, 0.2) is 0 Å². The zero-order valence-corrected chi connectivity index (χ0v) is 10.7. The quantitative estimate of drug-likeness (QED) is 0.703. The van der Waals surface area contributed by atoms with Gasteiger partial charge in [0.05, 0.1) is 5.41 Å². The molecule has 0 rings (SSSR count). The number of hydrogen-bond acceptors (Lipinski definition) is 2. The van der Waals surface area contributed by atoms with Crippen molar-refractivity contribution < 1.29 is 14.7 Å². The number of carboxylic acids is 1. The predicted octanol–water partition coefficient (Wildman–Crippen LogP) is 2.18. The van der Waals surface area contributed by atoms with Gasteiger partial charge < -0.3 is 10.4 Å². The molecule has 94 valence electrons. The molecule has 0 saturated carbocycles. The smallest absolute Gasteiger partial charge is 0.309 e. The second kappa shape index (κ2) is 6.51. The molecule has 0 aromatic rings. The average molecular weight is 229 g/mol. The molecule has 1 atom stereocenters. The number of amides is 1. The minimum Gasteiger partial charge on any atom is -0.481 e. The van der Waals surface area contributed by atoms with Crippen LogP contribution in [0, 0.1) is 5.41 Å². The first-order valence-corrected chi connectivity index (χ1v) is 5.86. The van der Waals surface area contributed by atoms with Crippen LogP contribution in [0.3, 0.4) is 0 Å². The first-order chi connectivity index (χ1) is 7.33. The summed E-state index contributed by atoms with van der Waals surface area (Å²) < 4.78 is 0. The van der Waals surface area contributed by atoms with Crippen LogP contribution in [0.5, 0.6) is 0 Å². The van der Waals surface area contributed by atoms with E-state index in [9.17, 15) is 9.59 Å². The molecule has 0 aliphatic heterocycles. The maximum Gasteiger partial charge on any atom is 0.309 e. The van der Waals surface area contributed by atoms with Gasteiger partial charge in [0.25, 0.3) is 0 Å². The molecule has 4 nitrogen and oxygen atoms in total. The van der Waals surface area contributed by atoms with Crippen LogP contribution >= 0.6 is 0 Å². The van der Waals surface area contributed by atoms with Crippen LogP contribution in [0.1, 0.15) is 53.4 Å². The summed E-state index contributed by atoms with van der Waals surface area (Å²) in [7, 11) is 0. The van der Waals surface area contributed by atoms with Crippen molar-refractivity contribution in [3.05, 3.63) is 0 Å². The standard InChI is InChI=1S/C12H23NO3/c1-5-7-9(6-2)13-10(14)8-12(3,4)11(15)16/h9H,5-8H2,1-4H3,(H,13,14)(H,15,16). The van der Waals surface area contributed by atoms with Crippen molar-refractivity contribution in [2.45, 2.75) is 59.4 Å². The Balaban J connectivity index is 4.21. The van der Waals surface area contributed by atoms with E-state index in [0.717, 1.165) is 19.3 Å². The Labute approximate surface area is 97.4 Å². The van der Waals surface area contributed by atoms with E-state index in [0.29, 0.717) is 0 Å². The third-order valence-corrected chi connectivity index (χ3v) is 2.68. The number of rotatable bonds is 7. The van der Waals surface area contributed by atoms with Gasteiger partial charge in [0.1, 0.15) is 0 Å².